The van der Waals surface area contributed by atoms with E-state index in [9.17, 15) is 9.18 Å². The number of hydrogen-bond donors (Lipinski definition) is 1. The Labute approximate surface area is 164 Å². The third-order valence-corrected chi connectivity index (χ3v) is 5.79. The normalized spacial score (nSPS) is 14.3. The SMILES string of the molecule is C[C@H](Oc1cccc2c1CCCC2)C(=O)NCCSCc1ccccc1F. The Morgan fingerprint density at radius 2 is 2.00 bits per heavy atom. The Morgan fingerprint density at radius 1 is 1.19 bits per heavy atom. The summed E-state index contributed by atoms with van der Waals surface area (Å²) >= 11 is 1.60. The number of ether oxygens (including phenoxy) is 1. The minimum absolute atomic E-state index is 0.116. The van der Waals surface area contributed by atoms with Crippen molar-refractivity contribution in [2.45, 2.75) is 44.5 Å². The molecule has 2 aromatic carbocycles. The molecule has 0 bridgehead atoms. The number of rotatable bonds is 8. The van der Waals surface area contributed by atoms with Crippen LogP contribution in [0, 0.1) is 5.82 Å². The predicted octanol–water partition coefficient (Wildman–Crippen LogP) is 4.52. The lowest BCUT2D eigenvalue weighted by Gasteiger charge is -2.22. The molecule has 0 fully saturated rings. The van der Waals surface area contributed by atoms with Crippen LogP contribution in [0.4, 0.5) is 4.39 Å². The molecule has 0 saturated carbocycles. The number of aryl methyl sites for hydroxylation is 1. The third kappa shape index (κ3) is 5.48. The van der Waals surface area contributed by atoms with Crippen molar-refractivity contribution in [3.05, 3.63) is 65.0 Å². The number of fused-ring (bicyclic) bond motifs is 1. The van der Waals surface area contributed by atoms with E-state index in [0.29, 0.717) is 17.9 Å². The minimum Gasteiger partial charge on any atom is -0.481 e. The summed E-state index contributed by atoms with van der Waals surface area (Å²) in [6.07, 6.45) is 3.97. The van der Waals surface area contributed by atoms with E-state index in [2.05, 4.69) is 11.4 Å². The second kappa shape index (κ2) is 9.79. The molecule has 5 heteroatoms. The largest absolute Gasteiger partial charge is 0.481 e. The number of carbonyl (C=O) groups is 1. The standard InChI is InChI=1S/C22H26FNO2S/c1-16(26-21-12-6-9-17-7-2-4-10-19(17)21)22(25)24-13-14-27-15-18-8-3-5-11-20(18)23/h3,5-6,8-9,11-12,16H,2,4,7,10,13-15H2,1H3,(H,24,25)/t16-/m0/s1. The van der Waals surface area contributed by atoms with Gasteiger partial charge in [-0.25, -0.2) is 4.39 Å². The van der Waals surface area contributed by atoms with Crippen LogP contribution in [0.25, 0.3) is 0 Å². The molecule has 144 valence electrons. The van der Waals surface area contributed by atoms with Crippen molar-refractivity contribution in [1.82, 2.24) is 5.32 Å². The van der Waals surface area contributed by atoms with E-state index in [4.69, 9.17) is 4.74 Å². The van der Waals surface area contributed by atoms with E-state index in [1.807, 2.05) is 18.2 Å². The molecule has 0 saturated heterocycles. The maximum absolute atomic E-state index is 13.6. The zero-order chi connectivity index (χ0) is 19.1. The van der Waals surface area contributed by atoms with Crippen LogP contribution >= 0.6 is 11.8 Å². The predicted molar refractivity (Wildman–Crippen MR) is 109 cm³/mol. The molecular weight excluding hydrogens is 361 g/mol. The first kappa shape index (κ1) is 19.7. The maximum atomic E-state index is 13.6. The van der Waals surface area contributed by atoms with Crippen molar-refractivity contribution >= 4 is 17.7 Å². The van der Waals surface area contributed by atoms with E-state index < -0.39 is 6.10 Å². The fourth-order valence-corrected chi connectivity index (χ4v) is 4.13. The molecule has 0 heterocycles. The number of thioether (sulfide) groups is 1. The van der Waals surface area contributed by atoms with Crippen molar-refractivity contribution in [2.75, 3.05) is 12.3 Å². The molecule has 0 aliphatic heterocycles. The van der Waals surface area contributed by atoms with Gasteiger partial charge in [-0.2, -0.15) is 11.8 Å². The van der Waals surface area contributed by atoms with Crippen LogP contribution < -0.4 is 10.1 Å². The average molecular weight is 388 g/mol. The highest BCUT2D eigenvalue weighted by Gasteiger charge is 2.19. The fourth-order valence-electron chi connectivity index (χ4n) is 3.29. The summed E-state index contributed by atoms with van der Waals surface area (Å²) < 4.78 is 19.5. The summed E-state index contributed by atoms with van der Waals surface area (Å²) in [7, 11) is 0. The maximum Gasteiger partial charge on any atom is 0.260 e. The lowest BCUT2D eigenvalue weighted by molar-refractivity contribution is -0.127. The van der Waals surface area contributed by atoms with Crippen LogP contribution in [0.5, 0.6) is 5.75 Å². The van der Waals surface area contributed by atoms with Gasteiger partial charge in [0.2, 0.25) is 0 Å². The Kier molecular flexibility index (Phi) is 7.16. The van der Waals surface area contributed by atoms with Crippen LogP contribution in [0.15, 0.2) is 42.5 Å². The van der Waals surface area contributed by atoms with Crippen molar-refractivity contribution < 1.29 is 13.9 Å². The highest BCUT2D eigenvalue weighted by Crippen LogP contribution is 2.30. The number of benzene rings is 2. The summed E-state index contributed by atoms with van der Waals surface area (Å²) in [5, 5.41) is 2.91. The van der Waals surface area contributed by atoms with E-state index in [-0.39, 0.29) is 11.7 Å². The Bertz CT molecular complexity index is 781. The molecule has 3 rings (SSSR count). The van der Waals surface area contributed by atoms with Gasteiger partial charge in [-0.15, -0.1) is 0 Å². The summed E-state index contributed by atoms with van der Waals surface area (Å²) in [5.74, 6) is 1.87. The number of halogens is 1. The quantitative estimate of drug-likeness (QED) is 0.677. The molecule has 0 unspecified atom stereocenters. The van der Waals surface area contributed by atoms with E-state index in [1.165, 1.54) is 30.0 Å². The molecule has 3 nitrogen and oxygen atoms in total. The summed E-state index contributed by atoms with van der Waals surface area (Å²) in [4.78, 5) is 12.3. The summed E-state index contributed by atoms with van der Waals surface area (Å²) in [6, 6.07) is 12.9. The smallest absolute Gasteiger partial charge is 0.260 e. The van der Waals surface area contributed by atoms with Crippen LogP contribution in [0.3, 0.4) is 0 Å². The van der Waals surface area contributed by atoms with Crippen LogP contribution in [0.2, 0.25) is 0 Å². The van der Waals surface area contributed by atoms with Gasteiger partial charge in [0.15, 0.2) is 6.10 Å². The Hall–Kier alpha value is -2.01. The van der Waals surface area contributed by atoms with Gasteiger partial charge in [-0.1, -0.05) is 30.3 Å². The zero-order valence-electron chi connectivity index (χ0n) is 15.7. The Morgan fingerprint density at radius 3 is 2.85 bits per heavy atom. The van der Waals surface area contributed by atoms with Crippen molar-refractivity contribution in [1.29, 1.82) is 0 Å². The lowest BCUT2D eigenvalue weighted by atomic mass is 9.91. The molecule has 1 atom stereocenters. The number of carbonyl (C=O) groups excluding carboxylic acids is 1. The third-order valence-electron chi connectivity index (χ3n) is 4.79. The monoisotopic (exact) mass is 387 g/mol. The van der Waals surface area contributed by atoms with Gasteiger partial charge >= 0.3 is 0 Å². The van der Waals surface area contributed by atoms with Crippen molar-refractivity contribution in [3.8, 4) is 5.75 Å². The number of nitrogens with one attached hydrogen (secondary N) is 1. The molecule has 0 radical (unpaired) electrons. The van der Waals surface area contributed by atoms with E-state index in [0.717, 1.165) is 24.3 Å². The zero-order valence-corrected chi connectivity index (χ0v) is 16.5. The molecule has 27 heavy (non-hydrogen) atoms. The number of hydrogen-bond acceptors (Lipinski definition) is 3. The highest BCUT2D eigenvalue weighted by molar-refractivity contribution is 7.98. The second-order valence-electron chi connectivity index (χ2n) is 6.80. The molecule has 1 aliphatic rings. The molecule has 1 aliphatic carbocycles. The van der Waals surface area contributed by atoms with Gasteiger partial charge in [0.1, 0.15) is 11.6 Å². The topological polar surface area (TPSA) is 38.3 Å². The van der Waals surface area contributed by atoms with Gasteiger partial charge < -0.3 is 10.1 Å². The second-order valence-corrected chi connectivity index (χ2v) is 7.90. The molecular formula is C22H26FNO2S. The summed E-state index contributed by atoms with van der Waals surface area (Å²) in [6.45, 7) is 2.32. The van der Waals surface area contributed by atoms with Gasteiger partial charge in [0.05, 0.1) is 0 Å². The van der Waals surface area contributed by atoms with Crippen LogP contribution in [-0.2, 0) is 23.4 Å². The first-order valence-electron chi connectivity index (χ1n) is 9.51. The minimum atomic E-state index is -0.532. The molecule has 0 aromatic heterocycles. The van der Waals surface area contributed by atoms with Gasteiger partial charge in [-0.3, -0.25) is 4.79 Å². The Balaban J connectivity index is 1.41. The van der Waals surface area contributed by atoms with Gasteiger partial charge in [-0.05, 0) is 61.4 Å². The van der Waals surface area contributed by atoms with Crippen LogP contribution in [-0.4, -0.2) is 24.3 Å². The lowest BCUT2D eigenvalue weighted by Crippen LogP contribution is -2.37. The van der Waals surface area contributed by atoms with Crippen molar-refractivity contribution in [3.63, 3.8) is 0 Å². The van der Waals surface area contributed by atoms with E-state index in [1.54, 1.807) is 30.8 Å². The van der Waals surface area contributed by atoms with Gasteiger partial charge in [0.25, 0.3) is 5.91 Å². The first-order valence-corrected chi connectivity index (χ1v) is 10.7. The summed E-state index contributed by atoms with van der Waals surface area (Å²) in [5.41, 5.74) is 3.29. The average Bonchev–Trinajstić information content (AvgIpc) is 2.69. The molecule has 0 spiro atoms. The highest BCUT2D eigenvalue weighted by atomic mass is 32.2. The van der Waals surface area contributed by atoms with Gasteiger partial charge in [0, 0.05) is 18.1 Å². The molecule has 1 amide bonds. The molecule has 2 aromatic rings. The fraction of sp³-hybridized carbons (Fsp3) is 0.409. The molecule has 1 N–H and O–H groups in total. The first-order chi connectivity index (χ1) is 13.1. The van der Waals surface area contributed by atoms with Crippen LogP contribution in [0.1, 0.15) is 36.5 Å². The van der Waals surface area contributed by atoms with Crippen molar-refractivity contribution in [2.24, 2.45) is 0 Å². The van der Waals surface area contributed by atoms with E-state index >= 15 is 0 Å². The number of amides is 1.